The number of aldehydes is 1. The third-order valence-electron chi connectivity index (χ3n) is 3.50. The molecule has 0 fully saturated rings. The summed E-state index contributed by atoms with van der Waals surface area (Å²) in [6.45, 7) is 0. The Labute approximate surface area is 142 Å². The first-order valence-corrected chi connectivity index (χ1v) is 7.37. The molecule has 1 heterocycles. The van der Waals surface area contributed by atoms with Crippen LogP contribution in [-0.2, 0) is 0 Å². The van der Waals surface area contributed by atoms with Crippen molar-refractivity contribution in [2.45, 2.75) is 0 Å². The van der Waals surface area contributed by atoms with Gasteiger partial charge in [-0.2, -0.15) is 9.37 Å². The first-order chi connectivity index (χ1) is 12.1. The Kier molecular flexibility index (Phi) is 4.52. The van der Waals surface area contributed by atoms with Crippen molar-refractivity contribution in [1.29, 1.82) is 0 Å². The molecule has 124 valence electrons. The SMILES string of the molecule is NC(=O)c1ccc(F)nc1Oc1cccc(-c2cccc(C=O)c2)c1. The second-order valence-corrected chi connectivity index (χ2v) is 5.22. The van der Waals surface area contributed by atoms with E-state index in [1.54, 1.807) is 36.4 Å². The highest BCUT2D eigenvalue weighted by atomic mass is 19.1. The summed E-state index contributed by atoms with van der Waals surface area (Å²) in [5, 5.41) is 0. The Hall–Kier alpha value is -3.54. The van der Waals surface area contributed by atoms with E-state index in [1.165, 1.54) is 6.07 Å². The molecule has 6 heteroatoms. The van der Waals surface area contributed by atoms with Crippen molar-refractivity contribution < 1.29 is 18.7 Å². The average molecular weight is 336 g/mol. The first-order valence-electron chi connectivity index (χ1n) is 7.37. The van der Waals surface area contributed by atoms with Crippen LogP contribution in [0.5, 0.6) is 11.6 Å². The van der Waals surface area contributed by atoms with Gasteiger partial charge in [-0.1, -0.05) is 30.3 Å². The van der Waals surface area contributed by atoms with Gasteiger partial charge in [0.15, 0.2) is 0 Å². The number of primary amides is 1. The molecule has 3 aromatic rings. The molecule has 0 unspecified atom stereocenters. The fourth-order valence-corrected chi connectivity index (χ4v) is 2.33. The molecule has 3 rings (SSSR count). The highest BCUT2D eigenvalue weighted by Gasteiger charge is 2.13. The summed E-state index contributed by atoms with van der Waals surface area (Å²) in [5.74, 6) is -1.40. The van der Waals surface area contributed by atoms with Crippen molar-refractivity contribution in [2.24, 2.45) is 5.73 Å². The minimum atomic E-state index is -0.783. The van der Waals surface area contributed by atoms with Crippen molar-refractivity contribution in [3.8, 4) is 22.8 Å². The normalized spacial score (nSPS) is 10.3. The van der Waals surface area contributed by atoms with Crippen LogP contribution >= 0.6 is 0 Å². The molecule has 5 nitrogen and oxygen atoms in total. The molecule has 0 spiro atoms. The second kappa shape index (κ2) is 6.92. The lowest BCUT2D eigenvalue weighted by Gasteiger charge is -2.10. The number of hydrogen-bond donors (Lipinski definition) is 1. The van der Waals surface area contributed by atoms with Crippen LogP contribution in [-0.4, -0.2) is 17.2 Å². The summed E-state index contributed by atoms with van der Waals surface area (Å²) in [6, 6.07) is 16.2. The van der Waals surface area contributed by atoms with Gasteiger partial charge in [-0.25, -0.2) is 0 Å². The van der Waals surface area contributed by atoms with E-state index in [4.69, 9.17) is 10.5 Å². The molecule has 2 aromatic carbocycles. The predicted molar refractivity (Wildman–Crippen MR) is 90.1 cm³/mol. The predicted octanol–water partition coefficient (Wildman–Crippen LogP) is 3.59. The number of nitrogens with two attached hydrogens (primary N) is 1. The molecule has 0 radical (unpaired) electrons. The summed E-state index contributed by atoms with van der Waals surface area (Å²) >= 11 is 0. The van der Waals surface area contributed by atoms with Crippen molar-refractivity contribution in [2.75, 3.05) is 0 Å². The van der Waals surface area contributed by atoms with E-state index in [1.807, 2.05) is 12.1 Å². The Morgan fingerprint density at radius 3 is 2.48 bits per heavy atom. The van der Waals surface area contributed by atoms with E-state index in [2.05, 4.69) is 4.98 Å². The van der Waals surface area contributed by atoms with Gasteiger partial charge in [0.05, 0.1) is 0 Å². The van der Waals surface area contributed by atoms with Crippen LogP contribution in [0.4, 0.5) is 4.39 Å². The van der Waals surface area contributed by atoms with Crippen LogP contribution in [0.2, 0.25) is 0 Å². The van der Waals surface area contributed by atoms with Crippen LogP contribution in [0.15, 0.2) is 60.7 Å². The Bertz CT molecular complexity index is 957. The van der Waals surface area contributed by atoms with Crippen LogP contribution < -0.4 is 10.5 Å². The number of rotatable bonds is 5. The summed E-state index contributed by atoms with van der Waals surface area (Å²) in [7, 11) is 0. The third-order valence-corrected chi connectivity index (χ3v) is 3.50. The zero-order chi connectivity index (χ0) is 17.8. The standard InChI is InChI=1S/C19H13FN2O3/c20-17-8-7-16(18(21)24)19(22-17)25-15-6-2-5-14(10-15)13-4-1-3-12(9-13)11-23/h1-11H,(H2,21,24). The maximum Gasteiger partial charge on any atom is 0.254 e. The fourth-order valence-electron chi connectivity index (χ4n) is 2.33. The van der Waals surface area contributed by atoms with Crippen LogP contribution in [0.25, 0.3) is 11.1 Å². The molecule has 0 aliphatic carbocycles. The van der Waals surface area contributed by atoms with Gasteiger partial charge >= 0.3 is 0 Å². The zero-order valence-electron chi connectivity index (χ0n) is 13.0. The average Bonchev–Trinajstić information content (AvgIpc) is 2.62. The molecule has 0 bridgehead atoms. The Morgan fingerprint density at radius 2 is 1.76 bits per heavy atom. The van der Waals surface area contributed by atoms with Crippen LogP contribution in [0, 0.1) is 5.95 Å². The maximum absolute atomic E-state index is 13.4. The molecule has 0 aliphatic heterocycles. The number of pyridine rings is 1. The number of benzene rings is 2. The fraction of sp³-hybridized carbons (Fsp3) is 0. The molecule has 0 aliphatic rings. The maximum atomic E-state index is 13.4. The van der Waals surface area contributed by atoms with Crippen molar-refractivity contribution in [3.05, 3.63) is 77.7 Å². The molecule has 1 aromatic heterocycles. The molecule has 0 atom stereocenters. The molecule has 0 saturated heterocycles. The lowest BCUT2D eigenvalue weighted by Crippen LogP contribution is -2.13. The van der Waals surface area contributed by atoms with Crippen molar-refractivity contribution in [3.63, 3.8) is 0 Å². The molecule has 2 N–H and O–H groups in total. The van der Waals surface area contributed by atoms with E-state index in [-0.39, 0.29) is 11.4 Å². The molecule has 1 amide bonds. The third kappa shape index (κ3) is 3.69. The number of amides is 1. The number of halogens is 1. The van der Waals surface area contributed by atoms with Gasteiger partial charge in [0.2, 0.25) is 11.8 Å². The minimum Gasteiger partial charge on any atom is -0.438 e. The Morgan fingerprint density at radius 1 is 1.04 bits per heavy atom. The number of carbonyl (C=O) groups is 2. The molecular formula is C19H13FN2O3. The number of carbonyl (C=O) groups excluding carboxylic acids is 2. The van der Waals surface area contributed by atoms with Gasteiger partial charge in [-0.15, -0.1) is 0 Å². The highest BCUT2D eigenvalue weighted by Crippen LogP contribution is 2.28. The largest absolute Gasteiger partial charge is 0.438 e. The van der Waals surface area contributed by atoms with E-state index in [0.29, 0.717) is 11.3 Å². The van der Waals surface area contributed by atoms with E-state index in [0.717, 1.165) is 23.5 Å². The van der Waals surface area contributed by atoms with E-state index < -0.39 is 11.9 Å². The quantitative estimate of drug-likeness (QED) is 0.570. The number of aromatic nitrogens is 1. The number of ether oxygens (including phenoxy) is 1. The Balaban J connectivity index is 1.96. The molecule has 0 saturated carbocycles. The van der Waals surface area contributed by atoms with Crippen molar-refractivity contribution >= 4 is 12.2 Å². The smallest absolute Gasteiger partial charge is 0.254 e. The number of nitrogens with zero attached hydrogens (tertiary/aromatic N) is 1. The molecule has 25 heavy (non-hydrogen) atoms. The van der Waals surface area contributed by atoms with Gasteiger partial charge in [0.1, 0.15) is 17.6 Å². The highest BCUT2D eigenvalue weighted by molar-refractivity contribution is 5.95. The van der Waals surface area contributed by atoms with Crippen LogP contribution in [0.1, 0.15) is 20.7 Å². The minimum absolute atomic E-state index is 0.0187. The zero-order valence-corrected chi connectivity index (χ0v) is 13.0. The summed E-state index contributed by atoms with van der Waals surface area (Å²) in [5.41, 5.74) is 7.39. The van der Waals surface area contributed by atoms with Gasteiger partial charge in [-0.3, -0.25) is 9.59 Å². The lowest BCUT2D eigenvalue weighted by atomic mass is 10.0. The summed E-state index contributed by atoms with van der Waals surface area (Å²) in [6.07, 6.45) is 0.764. The summed E-state index contributed by atoms with van der Waals surface area (Å²) in [4.78, 5) is 25.9. The summed E-state index contributed by atoms with van der Waals surface area (Å²) < 4.78 is 18.9. The van der Waals surface area contributed by atoms with E-state index >= 15 is 0 Å². The molecular weight excluding hydrogens is 323 g/mol. The van der Waals surface area contributed by atoms with E-state index in [9.17, 15) is 14.0 Å². The topological polar surface area (TPSA) is 82.3 Å². The first kappa shape index (κ1) is 16.3. The van der Waals surface area contributed by atoms with Crippen LogP contribution in [0.3, 0.4) is 0 Å². The van der Waals surface area contributed by atoms with Crippen molar-refractivity contribution in [1.82, 2.24) is 4.98 Å². The van der Waals surface area contributed by atoms with Gasteiger partial charge in [0.25, 0.3) is 5.91 Å². The van der Waals surface area contributed by atoms with Gasteiger partial charge < -0.3 is 10.5 Å². The van der Waals surface area contributed by atoms with Gasteiger partial charge in [0, 0.05) is 5.56 Å². The monoisotopic (exact) mass is 336 g/mol. The number of hydrogen-bond acceptors (Lipinski definition) is 4. The lowest BCUT2D eigenvalue weighted by molar-refractivity contribution is 0.0997. The van der Waals surface area contributed by atoms with Gasteiger partial charge in [-0.05, 0) is 41.5 Å². The second-order valence-electron chi connectivity index (χ2n) is 5.22.